The summed E-state index contributed by atoms with van der Waals surface area (Å²) in [6, 6.07) is 14.0. The summed E-state index contributed by atoms with van der Waals surface area (Å²) in [6.45, 7) is 3.39. The molecule has 0 bridgehead atoms. The number of carbonyl (C=O) groups excluding carboxylic acids is 2. The highest BCUT2D eigenvalue weighted by Crippen LogP contribution is 2.36. The minimum absolute atomic E-state index is 0.0605. The van der Waals surface area contributed by atoms with Gasteiger partial charge >= 0.3 is 0 Å². The van der Waals surface area contributed by atoms with Crippen molar-refractivity contribution >= 4 is 23.2 Å². The molecule has 4 nitrogen and oxygen atoms in total. The highest BCUT2D eigenvalue weighted by Gasteiger charge is 2.43. The van der Waals surface area contributed by atoms with Crippen molar-refractivity contribution in [2.24, 2.45) is 0 Å². The fraction of sp³-hybridized carbons (Fsp3) is 0.368. The lowest BCUT2D eigenvalue weighted by molar-refractivity contribution is -0.135. The number of amides is 2. The fourth-order valence-electron chi connectivity index (χ4n) is 3.36. The van der Waals surface area contributed by atoms with Gasteiger partial charge in [-0.05, 0) is 29.9 Å². The molecule has 126 valence electrons. The molecule has 0 aliphatic carbocycles. The first-order valence-corrected chi connectivity index (χ1v) is 9.11. The molecule has 2 heterocycles. The number of carbonyl (C=O) groups is 2. The van der Waals surface area contributed by atoms with Crippen LogP contribution in [0.15, 0.2) is 47.8 Å². The van der Waals surface area contributed by atoms with Crippen LogP contribution in [0.3, 0.4) is 0 Å². The van der Waals surface area contributed by atoms with Crippen molar-refractivity contribution in [3.8, 4) is 0 Å². The summed E-state index contributed by atoms with van der Waals surface area (Å²) < 4.78 is 0. The van der Waals surface area contributed by atoms with Crippen LogP contribution in [-0.4, -0.2) is 29.8 Å². The molecule has 5 heteroatoms. The topological polar surface area (TPSA) is 49.4 Å². The Labute approximate surface area is 146 Å². The van der Waals surface area contributed by atoms with Crippen molar-refractivity contribution < 1.29 is 9.59 Å². The third-order valence-corrected chi connectivity index (χ3v) is 5.70. The van der Waals surface area contributed by atoms with E-state index >= 15 is 0 Å². The van der Waals surface area contributed by atoms with Gasteiger partial charge in [0, 0.05) is 24.9 Å². The standard InChI is InChI=1S/C19H22N2O2S/c1-15(22)21-11-9-19(10-12-21,16-6-3-2-4-7-16)18(23)20-14-17-8-5-13-24-17/h2-8,13H,9-12,14H2,1H3,(H,20,23). The highest BCUT2D eigenvalue weighted by molar-refractivity contribution is 7.09. The second-order valence-electron chi connectivity index (χ2n) is 6.22. The van der Waals surface area contributed by atoms with Crippen LogP contribution in [-0.2, 0) is 21.5 Å². The monoisotopic (exact) mass is 342 g/mol. The third kappa shape index (κ3) is 3.36. The number of piperidine rings is 1. The molecule has 2 aromatic rings. The first-order chi connectivity index (χ1) is 11.6. The van der Waals surface area contributed by atoms with Gasteiger partial charge in [-0.3, -0.25) is 9.59 Å². The molecule has 1 N–H and O–H groups in total. The second kappa shape index (κ2) is 7.18. The number of likely N-dealkylation sites (tertiary alicyclic amines) is 1. The lowest BCUT2D eigenvalue weighted by Crippen LogP contribution is -2.52. The maximum Gasteiger partial charge on any atom is 0.231 e. The van der Waals surface area contributed by atoms with Crippen molar-refractivity contribution in [2.45, 2.75) is 31.7 Å². The SMILES string of the molecule is CC(=O)N1CCC(C(=O)NCc2cccs2)(c2ccccc2)CC1. The molecule has 0 saturated carbocycles. The summed E-state index contributed by atoms with van der Waals surface area (Å²) >= 11 is 1.64. The largest absolute Gasteiger partial charge is 0.350 e. The zero-order valence-corrected chi connectivity index (χ0v) is 14.6. The Morgan fingerprint density at radius 3 is 2.42 bits per heavy atom. The van der Waals surface area contributed by atoms with Crippen molar-refractivity contribution in [1.82, 2.24) is 10.2 Å². The quantitative estimate of drug-likeness (QED) is 0.929. The normalized spacial score (nSPS) is 16.6. The lowest BCUT2D eigenvalue weighted by atomic mass is 9.72. The number of hydrogen-bond acceptors (Lipinski definition) is 3. The number of nitrogens with zero attached hydrogens (tertiary/aromatic N) is 1. The van der Waals surface area contributed by atoms with Gasteiger partial charge in [-0.15, -0.1) is 11.3 Å². The molecule has 1 aliphatic heterocycles. The van der Waals surface area contributed by atoms with E-state index in [0.717, 1.165) is 10.4 Å². The van der Waals surface area contributed by atoms with E-state index in [-0.39, 0.29) is 11.8 Å². The second-order valence-corrected chi connectivity index (χ2v) is 7.25. The molecule has 1 saturated heterocycles. The van der Waals surface area contributed by atoms with E-state index in [2.05, 4.69) is 5.32 Å². The van der Waals surface area contributed by atoms with Crippen LogP contribution in [0.2, 0.25) is 0 Å². The average molecular weight is 342 g/mol. The van der Waals surface area contributed by atoms with Crippen LogP contribution < -0.4 is 5.32 Å². The predicted molar refractivity (Wildman–Crippen MR) is 95.8 cm³/mol. The van der Waals surface area contributed by atoms with Crippen LogP contribution in [0.1, 0.15) is 30.2 Å². The molecule has 0 radical (unpaired) electrons. The summed E-state index contributed by atoms with van der Waals surface area (Å²) in [5.41, 5.74) is 0.488. The molecule has 1 aromatic carbocycles. The van der Waals surface area contributed by atoms with Gasteiger partial charge in [0.15, 0.2) is 0 Å². The number of hydrogen-bond donors (Lipinski definition) is 1. The predicted octanol–water partition coefficient (Wildman–Crippen LogP) is 2.94. The molecular formula is C19H22N2O2S. The molecule has 0 atom stereocenters. The first-order valence-electron chi connectivity index (χ1n) is 8.23. The lowest BCUT2D eigenvalue weighted by Gasteiger charge is -2.40. The van der Waals surface area contributed by atoms with Crippen molar-refractivity contribution in [3.63, 3.8) is 0 Å². The summed E-state index contributed by atoms with van der Waals surface area (Å²) in [4.78, 5) is 27.7. The van der Waals surface area contributed by atoms with E-state index in [1.54, 1.807) is 18.3 Å². The van der Waals surface area contributed by atoms with Gasteiger partial charge < -0.3 is 10.2 Å². The number of thiophene rings is 1. The molecule has 3 rings (SSSR count). The smallest absolute Gasteiger partial charge is 0.231 e. The average Bonchev–Trinajstić information content (AvgIpc) is 3.14. The summed E-state index contributed by atoms with van der Waals surface area (Å²) in [5, 5.41) is 5.12. The number of nitrogens with one attached hydrogen (secondary N) is 1. The molecule has 1 fully saturated rings. The molecule has 24 heavy (non-hydrogen) atoms. The Hall–Kier alpha value is -2.14. The van der Waals surface area contributed by atoms with Crippen LogP contribution in [0.25, 0.3) is 0 Å². The fourth-order valence-corrected chi connectivity index (χ4v) is 4.00. The van der Waals surface area contributed by atoms with E-state index in [4.69, 9.17) is 0 Å². The Morgan fingerprint density at radius 1 is 1.12 bits per heavy atom. The summed E-state index contributed by atoms with van der Waals surface area (Å²) in [5.74, 6) is 0.140. The van der Waals surface area contributed by atoms with Crippen LogP contribution in [0.4, 0.5) is 0 Å². The van der Waals surface area contributed by atoms with Crippen molar-refractivity contribution in [3.05, 3.63) is 58.3 Å². The maximum absolute atomic E-state index is 13.1. The molecule has 0 spiro atoms. The van der Waals surface area contributed by atoms with Crippen LogP contribution in [0, 0.1) is 0 Å². The maximum atomic E-state index is 13.1. The Morgan fingerprint density at radius 2 is 1.83 bits per heavy atom. The minimum atomic E-state index is -0.551. The van der Waals surface area contributed by atoms with E-state index in [9.17, 15) is 9.59 Å². The number of benzene rings is 1. The van der Waals surface area contributed by atoms with Crippen LogP contribution in [0.5, 0.6) is 0 Å². The van der Waals surface area contributed by atoms with E-state index in [1.807, 2.05) is 52.7 Å². The zero-order chi connectivity index (χ0) is 17.0. The summed E-state index contributed by atoms with van der Waals surface area (Å²) in [7, 11) is 0. The minimum Gasteiger partial charge on any atom is -0.350 e. The van der Waals surface area contributed by atoms with Gasteiger partial charge in [0.05, 0.1) is 12.0 Å². The van der Waals surface area contributed by atoms with Gasteiger partial charge in [-0.25, -0.2) is 0 Å². The van der Waals surface area contributed by atoms with E-state index in [1.165, 1.54) is 0 Å². The molecule has 1 aromatic heterocycles. The Bertz CT molecular complexity index is 689. The van der Waals surface area contributed by atoms with Crippen molar-refractivity contribution in [1.29, 1.82) is 0 Å². The Balaban J connectivity index is 1.80. The Kier molecular flexibility index (Phi) is 5.00. The van der Waals surface area contributed by atoms with Gasteiger partial charge in [0.25, 0.3) is 0 Å². The van der Waals surface area contributed by atoms with Gasteiger partial charge in [-0.1, -0.05) is 36.4 Å². The molecular weight excluding hydrogens is 320 g/mol. The zero-order valence-electron chi connectivity index (χ0n) is 13.8. The number of rotatable bonds is 4. The van der Waals surface area contributed by atoms with Crippen molar-refractivity contribution in [2.75, 3.05) is 13.1 Å². The molecule has 1 aliphatic rings. The summed E-state index contributed by atoms with van der Waals surface area (Å²) in [6.07, 6.45) is 1.32. The van der Waals surface area contributed by atoms with E-state index < -0.39 is 5.41 Å². The molecule has 0 unspecified atom stereocenters. The molecule has 2 amide bonds. The van der Waals surface area contributed by atoms with Gasteiger partial charge in [0.2, 0.25) is 11.8 Å². The van der Waals surface area contributed by atoms with Gasteiger partial charge in [-0.2, -0.15) is 0 Å². The first kappa shape index (κ1) is 16.7. The third-order valence-electron chi connectivity index (χ3n) is 4.83. The highest BCUT2D eigenvalue weighted by atomic mass is 32.1. The van der Waals surface area contributed by atoms with E-state index in [0.29, 0.717) is 32.5 Å². The van der Waals surface area contributed by atoms with Gasteiger partial charge in [0.1, 0.15) is 0 Å². The van der Waals surface area contributed by atoms with Crippen LogP contribution >= 0.6 is 11.3 Å².